The molecule has 1 aliphatic rings. The fraction of sp³-hybridized carbons (Fsp3) is 0.471. The van der Waals surface area contributed by atoms with Gasteiger partial charge in [0, 0.05) is 19.5 Å². The maximum atomic E-state index is 12.3. The number of fused-ring (bicyclic) bond motifs is 1. The Morgan fingerprint density at radius 2 is 2.30 bits per heavy atom. The Hall–Kier alpha value is -2.37. The molecule has 1 aliphatic carbocycles. The lowest BCUT2D eigenvalue weighted by molar-refractivity contribution is -0.121. The number of hydrogen-bond acceptors (Lipinski definition) is 4. The molecule has 0 spiro atoms. The van der Waals surface area contributed by atoms with Crippen LogP contribution in [0.1, 0.15) is 28.9 Å². The number of ether oxygens (including phenoxy) is 1. The average Bonchev–Trinajstić information content (AvgIpc) is 2.90. The first-order valence-corrected chi connectivity index (χ1v) is 7.87. The minimum absolute atomic E-state index is 0.0412. The van der Waals surface area contributed by atoms with Crippen LogP contribution in [-0.4, -0.2) is 34.1 Å². The number of nitrogens with one attached hydrogen (secondary N) is 1. The zero-order valence-electron chi connectivity index (χ0n) is 13.8. The van der Waals surface area contributed by atoms with Crippen molar-refractivity contribution in [2.75, 3.05) is 7.11 Å². The molecule has 23 heavy (non-hydrogen) atoms. The van der Waals surface area contributed by atoms with Gasteiger partial charge in [0.2, 0.25) is 5.91 Å². The normalized spacial score (nSPS) is 16.7. The third-order valence-corrected chi connectivity index (χ3v) is 4.39. The Morgan fingerprint density at radius 3 is 3.09 bits per heavy atom. The van der Waals surface area contributed by atoms with Crippen molar-refractivity contribution in [3.8, 4) is 5.75 Å². The highest BCUT2D eigenvalue weighted by molar-refractivity contribution is 5.79. The molecule has 1 N–H and O–H groups in total. The van der Waals surface area contributed by atoms with E-state index in [1.54, 1.807) is 11.8 Å². The molecule has 0 radical (unpaired) electrons. The summed E-state index contributed by atoms with van der Waals surface area (Å²) in [5.41, 5.74) is 4.21. The summed E-state index contributed by atoms with van der Waals surface area (Å²) in [5.74, 6) is 0.859. The van der Waals surface area contributed by atoms with Crippen LogP contribution in [0.15, 0.2) is 18.2 Å². The van der Waals surface area contributed by atoms with Crippen molar-refractivity contribution in [1.29, 1.82) is 0 Å². The van der Waals surface area contributed by atoms with Crippen molar-refractivity contribution in [2.24, 2.45) is 7.05 Å². The SMILES string of the molecule is COc1cc(CC(=O)NC2CCc3nnn(C)c3C2)ccc1C. The number of amides is 1. The molecule has 0 fully saturated rings. The summed E-state index contributed by atoms with van der Waals surface area (Å²) >= 11 is 0. The molecule has 1 aromatic carbocycles. The lowest BCUT2D eigenvalue weighted by Crippen LogP contribution is -2.40. The molecule has 0 aliphatic heterocycles. The largest absolute Gasteiger partial charge is 0.496 e. The van der Waals surface area contributed by atoms with E-state index in [-0.39, 0.29) is 11.9 Å². The van der Waals surface area contributed by atoms with Crippen LogP contribution in [0.2, 0.25) is 0 Å². The molecule has 0 bridgehead atoms. The predicted molar refractivity (Wildman–Crippen MR) is 86.4 cm³/mol. The van der Waals surface area contributed by atoms with Gasteiger partial charge >= 0.3 is 0 Å². The zero-order chi connectivity index (χ0) is 16.4. The van der Waals surface area contributed by atoms with Gasteiger partial charge < -0.3 is 10.1 Å². The summed E-state index contributed by atoms with van der Waals surface area (Å²) in [7, 11) is 3.54. The zero-order valence-corrected chi connectivity index (χ0v) is 13.8. The van der Waals surface area contributed by atoms with Crippen molar-refractivity contribution in [1.82, 2.24) is 20.3 Å². The predicted octanol–water partition coefficient (Wildman–Crippen LogP) is 1.35. The van der Waals surface area contributed by atoms with E-state index in [9.17, 15) is 4.79 Å². The Labute approximate surface area is 135 Å². The molecule has 1 amide bonds. The monoisotopic (exact) mass is 314 g/mol. The Kier molecular flexibility index (Phi) is 4.32. The minimum Gasteiger partial charge on any atom is -0.496 e. The molecule has 1 atom stereocenters. The molecule has 1 heterocycles. The minimum atomic E-state index is 0.0412. The third-order valence-electron chi connectivity index (χ3n) is 4.39. The summed E-state index contributed by atoms with van der Waals surface area (Å²) in [5, 5.41) is 11.3. The van der Waals surface area contributed by atoms with Gasteiger partial charge in [-0.25, -0.2) is 0 Å². The van der Waals surface area contributed by atoms with E-state index in [1.165, 1.54) is 0 Å². The van der Waals surface area contributed by atoms with Crippen LogP contribution in [-0.2, 0) is 31.1 Å². The van der Waals surface area contributed by atoms with Crippen molar-refractivity contribution < 1.29 is 9.53 Å². The Morgan fingerprint density at radius 1 is 1.48 bits per heavy atom. The molecular weight excluding hydrogens is 292 g/mol. The van der Waals surface area contributed by atoms with E-state index in [4.69, 9.17) is 4.74 Å². The van der Waals surface area contributed by atoms with Crippen LogP contribution in [0.4, 0.5) is 0 Å². The number of aromatic nitrogens is 3. The second-order valence-corrected chi connectivity index (χ2v) is 6.09. The van der Waals surface area contributed by atoms with Crippen molar-refractivity contribution in [3.05, 3.63) is 40.7 Å². The molecule has 1 aromatic heterocycles. The maximum absolute atomic E-state index is 12.3. The summed E-state index contributed by atoms with van der Waals surface area (Å²) in [6, 6.07) is 6.04. The number of rotatable bonds is 4. The van der Waals surface area contributed by atoms with Crippen LogP contribution in [0.3, 0.4) is 0 Å². The smallest absolute Gasteiger partial charge is 0.224 e. The van der Waals surface area contributed by atoms with Gasteiger partial charge in [-0.15, -0.1) is 5.10 Å². The van der Waals surface area contributed by atoms with Gasteiger partial charge in [0.15, 0.2) is 0 Å². The first kappa shape index (κ1) is 15.5. The fourth-order valence-corrected chi connectivity index (χ4v) is 3.07. The molecule has 6 nitrogen and oxygen atoms in total. The summed E-state index contributed by atoms with van der Waals surface area (Å²) < 4.78 is 7.12. The van der Waals surface area contributed by atoms with Gasteiger partial charge in [-0.2, -0.15) is 0 Å². The van der Waals surface area contributed by atoms with E-state index in [2.05, 4.69) is 15.6 Å². The van der Waals surface area contributed by atoms with Gasteiger partial charge in [0.05, 0.1) is 24.9 Å². The third kappa shape index (κ3) is 3.36. The molecule has 122 valence electrons. The van der Waals surface area contributed by atoms with Crippen molar-refractivity contribution in [2.45, 2.75) is 38.6 Å². The summed E-state index contributed by atoms with van der Waals surface area (Å²) in [4.78, 5) is 12.3. The highest BCUT2D eigenvalue weighted by atomic mass is 16.5. The van der Waals surface area contributed by atoms with Crippen LogP contribution < -0.4 is 10.1 Å². The van der Waals surface area contributed by atoms with Crippen molar-refractivity contribution in [3.63, 3.8) is 0 Å². The van der Waals surface area contributed by atoms with Gasteiger partial charge in [0.25, 0.3) is 0 Å². The van der Waals surface area contributed by atoms with Crippen LogP contribution in [0.5, 0.6) is 5.75 Å². The quantitative estimate of drug-likeness (QED) is 0.925. The lowest BCUT2D eigenvalue weighted by Gasteiger charge is -2.23. The Balaban J connectivity index is 1.61. The molecule has 0 saturated heterocycles. The van der Waals surface area contributed by atoms with Gasteiger partial charge in [-0.1, -0.05) is 17.3 Å². The van der Waals surface area contributed by atoms with Crippen LogP contribution in [0, 0.1) is 6.92 Å². The van der Waals surface area contributed by atoms with Gasteiger partial charge in [-0.05, 0) is 37.0 Å². The first-order valence-electron chi connectivity index (χ1n) is 7.87. The number of aryl methyl sites for hydroxylation is 3. The molecule has 3 rings (SSSR count). The standard InChI is InChI=1S/C17H22N4O2/c1-11-4-5-12(8-16(11)23-3)9-17(22)18-13-6-7-14-15(10-13)21(2)20-19-14/h4-5,8,13H,6-7,9-10H2,1-3H3,(H,18,22). The van der Waals surface area contributed by atoms with E-state index < -0.39 is 0 Å². The summed E-state index contributed by atoms with van der Waals surface area (Å²) in [6.45, 7) is 1.99. The van der Waals surface area contributed by atoms with E-state index in [1.807, 2.05) is 32.2 Å². The molecule has 1 unspecified atom stereocenters. The summed E-state index contributed by atoms with van der Waals surface area (Å²) in [6.07, 6.45) is 2.94. The van der Waals surface area contributed by atoms with Gasteiger partial charge in [0.1, 0.15) is 5.75 Å². The number of benzene rings is 1. The topological polar surface area (TPSA) is 69.0 Å². The number of carbonyl (C=O) groups excluding carboxylic acids is 1. The average molecular weight is 314 g/mol. The molecule has 0 saturated carbocycles. The molecule has 6 heteroatoms. The fourth-order valence-electron chi connectivity index (χ4n) is 3.07. The highest BCUT2D eigenvalue weighted by Crippen LogP contribution is 2.20. The highest BCUT2D eigenvalue weighted by Gasteiger charge is 2.24. The van der Waals surface area contributed by atoms with Crippen LogP contribution in [0.25, 0.3) is 0 Å². The van der Waals surface area contributed by atoms with E-state index >= 15 is 0 Å². The second-order valence-electron chi connectivity index (χ2n) is 6.09. The van der Waals surface area contributed by atoms with Crippen LogP contribution >= 0.6 is 0 Å². The maximum Gasteiger partial charge on any atom is 0.224 e. The van der Waals surface area contributed by atoms with E-state index in [0.717, 1.165) is 47.5 Å². The van der Waals surface area contributed by atoms with E-state index in [0.29, 0.717) is 6.42 Å². The second kappa shape index (κ2) is 6.40. The molecular formula is C17H22N4O2. The number of carbonyl (C=O) groups is 1. The molecule has 2 aromatic rings. The first-order chi connectivity index (χ1) is 11.1. The number of hydrogen-bond donors (Lipinski definition) is 1. The van der Waals surface area contributed by atoms with Crippen molar-refractivity contribution >= 4 is 5.91 Å². The Bertz CT molecular complexity index is 723. The number of nitrogens with zero attached hydrogens (tertiary/aromatic N) is 3. The number of methoxy groups -OCH3 is 1. The van der Waals surface area contributed by atoms with Gasteiger partial charge in [-0.3, -0.25) is 9.48 Å². The lowest BCUT2D eigenvalue weighted by atomic mass is 9.95.